The molecule has 18 heavy (non-hydrogen) atoms. The fourth-order valence-electron chi connectivity index (χ4n) is 2.93. The van der Waals surface area contributed by atoms with E-state index >= 15 is 0 Å². The van der Waals surface area contributed by atoms with Crippen LogP contribution in [0.1, 0.15) is 31.5 Å². The van der Waals surface area contributed by atoms with Gasteiger partial charge in [0.25, 0.3) is 0 Å². The van der Waals surface area contributed by atoms with Gasteiger partial charge >= 0.3 is 0 Å². The maximum atomic E-state index is 6.55. The van der Waals surface area contributed by atoms with Crippen molar-refractivity contribution in [1.82, 2.24) is 4.98 Å². The van der Waals surface area contributed by atoms with Crippen molar-refractivity contribution in [2.45, 2.75) is 33.1 Å². The summed E-state index contributed by atoms with van der Waals surface area (Å²) in [5.74, 6) is 1.48. The molecule has 1 heterocycles. The standard InChI is InChI=1S/C16H18ClN/c1-10(2)11-7-8-13-15(9-11)18-14-6-4-3-5-12(14)16(13)17/h3-6,10-11H,7-9H2,1-2H3. The molecule has 1 aliphatic rings. The van der Waals surface area contributed by atoms with E-state index in [0.717, 1.165) is 40.6 Å². The normalized spacial score (nSPS) is 19.2. The van der Waals surface area contributed by atoms with E-state index in [9.17, 15) is 0 Å². The van der Waals surface area contributed by atoms with Crippen LogP contribution in [0.3, 0.4) is 0 Å². The fraction of sp³-hybridized carbons (Fsp3) is 0.438. The van der Waals surface area contributed by atoms with Crippen LogP contribution in [0.25, 0.3) is 10.9 Å². The number of rotatable bonds is 1. The number of halogens is 1. The number of hydrogen-bond donors (Lipinski definition) is 0. The maximum absolute atomic E-state index is 6.55. The van der Waals surface area contributed by atoms with Crippen LogP contribution >= 0.6 is 11.6 Å². The SMILES string of the molecule is CC(C)C1CCc2c(nc3ccccc3c2Cl)C1. The molecule has 0 aliphatic heterocycles. The molecule has 0 radical (unpaired) electrons. The number of fused-ring (bicyclic) bond motifs is 2. The average Bonchev–Trinajstić information content (AvgIpc) is 2.38. The Morgan fingerprint density at radius 3 is 2.83 bits per heavy atom. The lowest BCUT2D eigenvalue weighted by Crippen LogP contribution is -2.20. The number of pyridine rings is 1. The molecule has 0 spiro atoms. The molecule has 1 atom stereocenters. The molecule has 0 N–H and O–H groups in total. The minimum Gasteiger partial charge on any atom is -0.252 e. The molecule has 1 unspecified atom stereocenters. The van der Waals surface area contributed by atoms with E-state index < -0.39 is 0 Å². The number of aromatic nitrogens is 1. The van der Waals surface area contributed by atoms with E-state index in [1.165, 1.54) is 17.7 Å². The molecule has 1 aliphatic carbocycles. The van der Waals surface area contributed by atoms with Crippen molar-refractivity contribution in [2.24, 2.45) is 11.8 Å². The molecule has 3 rings (SSSR count). The fourth-order valence-corrected chi connectivity index (χ4v) is 3.29. The molecular weight excluding hydrogens is 242 g/mol. The topological polar surface area (TPSA) is 12.9 Å². The highest BCUT2D eigenvalue weighted by molar-refractivity contribution is 6.36. The predicted molar refractivity (Wildman–Crippen MR) is 77.1 cm³/mol. The summed E-state index contributed by atoms with van der Waals surface area (Å²) in [6.45, 7) is 4.61. The minimum absolute atomic E-state index is 0.727. The Morgan fingerprint density at radius 1 is 1.28 bits per heavy atom. The van der Waals surface area contributed by atoms with Gasteiger partial charge in [-0.25, -0.2) is 0 Å². The summed E-state index contributed by atoms with van der Waals surface area (Å²) in [5, 5.41) is 2.03. The van der Waals surface area contributed by atoms with Gasteiger partial charge in [0.15, 0.2) is 0 Å². The summed E-state index contributed by atoms with van der Waals surface area (Å²) in [7, 11) is 0. The van der Waals surface area contributed by atoms with Gasteiger partial charge in [-0.15, -0.1) is 0 Å². The third kappa shape index (κ3) is 1.91. The maximum Gasteiger partial charge on any atom is 0.0720 e. The van der Waals surface area contributed by atoms with Gasteiger partial charge in [-0.05, 0) is 42.7 Å². The zero-order valence-corrected chi connectivity index (χ0v) is 11.7. The molecule has 1 aromatic heterocycles. The second-order valence-corrected chi connectivity index (χ2v) is 5.99. The molecule has 0 bridgehead atoms. The van der Waals surface area contributed by atoms with Gasteiger partial charge < -0.3 is 0 Å². The Balaban J connectivity index is 2.13. The molecule has 94 valence electrons. The Bertz CT molecular complexity index is 589. The summed E-state index contributed by atoms with van der Waals surface area (Å²) < 4.78 is 0. The molecule has 0 saturated heterocycles. The Kier molecular flexibility index (Phi) is 3.03. The number of para-hydroxylation sites is 1. The van der Waals surface area contributed by atoms with Crippen LogP contribution in [-0.4, -0.2) is 4.98 Å². The summed E-state index contributed by atoms with van der Waals surface area (Å²) in [4.78, 5) is 4.82. The Morgan fingerprint density at radius 2 is 2.06 bits per heavy atom. The van der Waals surface area contributed by atoms with Gasteiger partial charge in [-0.1, -0.05) is 43.6 Å². The van der Waals surface area contributed by atoms with Crippen molar-refractivity contribution in [2.75, 3.05) is 0 Å². The second kappa shape index (κ2) is 4.55. The van der Waals surface area contributed by atoms with Gasteiger partial charge in [0.05, 0.1) is 10.5 Å². The summed E-state index contributed by atoms with van der Waals surface area (Å²) in [6.07, 6.45) is 3.40. The highest BCUT2D eigenvalue weighted by atomic mass is 35.5. The van der Waals surface area contributed by atoms with Crippen molar-refractivity contribution >= 4 is 22.5 Å². The van der Waals surface area contributed by atoms with Crippen LogP contribution in [0.2, 0.25) is 5.02 Å². The van der Waals surface area contributed by atoms with Crippen LogP contribution in [0.5, 0.6) is 0 Å². The predicted octanol–water partition coefficient (Wildman–Crippen LogP) is 4.65. The van der Waals surface area contributed by atoms with Crippen molar-refractivity contribution in [3.8, 4) is 0 Å². The number of benzene rings is 1. The molecule has 0 amide bonds. The number of hydrogen-bond acceptors (Lipinski definition) is 1. The molecular formula is C16H18ClN. The zero-order valence-electron chi connectivity index (χ0n) is 10.9. The van der Waals surface area contributed by atoms with Gasteiger partial charge in [-0.2, -0.15) is 0 Å². The van der Waals surface area contributed by atoms with E-state index in [0.29, 0.717) is 0 Å². The highest BCUT2D eigenvalue weighted by Crippen LogP contribution is 2.36. The first-order chi connectivity index (χ1) is 8.66. The van der Waals surface area contributed by atoms with Crippen molar-refractivity contribution < 1.29 is 0 Å². The van der Waals surface area contributed by atoms with Gasteiger partial charge in [0.2, 0.25) is 0 Å². The lowest BCUT2D eigenvalue weighted by Gasteiger charge is -2.27. The van der Waals surface area contributed by atoms with Gasteiger partial charge in [-0.3, -0.25) is 4.98 Å². The Hall–Kier alpha value is -1.08. The van der Waals surface area contributed by atoms with E-state index in [4.69, 9.17) is 16.6 Å². The molecule has 0 saturated carbocycles. The summed E-state index contributed by atoms with van der Waals surface area (Å²) in [6, 6.07) is 8.18. The van der Waals surface area contributed by atoms with Crippen LogP contribution in [0, 0.1) is 11.8 Å². The lowest BCUT2D eigenvalue weighted by molar-refractivity contribution is 0.339. The van der Waals surface area contributed by atoms with Crippen LogP contribution in [0.15, 0.2) is 24.3 Å². The van der Waals surface area contributed by atoms with Crippen LogP contribution in [-0.2, 0) is 12.8 Å². The Labute approximate surface area is 113 Å². The average molecular weight is 260 g/mol. The summed E-state index contributed by atoms with van der Waals surface area (Å²) >= 11 is 6.55. The van der Waals surface area contributed by atoms with Crippen molar-refractivity contribution in [3.63, 3.8) is 0 Å². The first-order valence-electron chi connectivity index (χ1n) is 6.73. The quantitative estimate of drug-likeness (QED) is 0.727. The molecule has 0 fully saturated rings. The van der Waals surface area contributed by atoms with Crippen molar-refractivity contribution in [1.29, 1.82) is 0 Å². The number of nitrogens with zero attached hydrogens (tertiary/aromatic N) is 1. The minimum atomic E-state index is 0.727. The third-order valence-corrected chi connectivity index (χ3v) is 4.60. The molecule has 1 nitrogen and oxygen atoms in total. The van der Waals surface area contributed by atoms with Crippen LogP contribution < -0.4 is 0 Å². The first kappa shape index (κ1) is 12.0. The molecule has 2 heteroatoms. The molecule has 2 aromatic rings. The van der Waals surface area contributed by atoms with E-state index in [-0.39, 0.29) is 0 Å². The van der Waals surface area contributed by atoms with Gasteiger partial charge in [0.1, 0.15) is 0 Å². The lowest BCUT2D eigenvalue weighted by atomic mass is 9.80. The summed E-state index contributed by atoms with van der Waals surface area (Å²) in [5.41, 5.74) is 3.54. The second-order valence-electron chi connectivity index (χ2n) is 5.62. The third-order valence-electron chi connectivity index (χ3n) is 4.17. The smallest absolute Gasteiger partial charge is 0.0720 e. The van der Waals surface area contributed by atoms with E-state index in [1.807, 2.05) is 12.1 Å². The monoisotopic (exact) mass is 259 g/mol. The largest absolute Gasteiger partial charge is 0.252 e. The van der Waals surface area contributed by atoms with Gasteiger partial charge in [0, 0.05) is 11.1 Å². The molecule has 1 aromatic carbocycles. The van der Waals surface area contributed by atoms with E-state index in [1.54, 1.807) is 0 Å². The van der Waals surface area contributed by atoms with Crippen molar-refractivity contribution in [3.05, 3.63) is 40.5 Å². The highest BCUT2D eigenvalue weighted by Gasteiger charge is 2.24. The first-order valence-corrected chi connectivity index (χ1v) is 7.10. The zero-order chi connectivity index (χ0) is 12.7. The van der Waals surface area contributed by atoms with E-state index in [2.05, 4.69) is 26.0 Å². The van der Waals surface area contributed by atoms with Crippen LogP contribution in [0.4, 0.5) is 0 Å².